The molecule has 0 heterocycles. The van der Waals surface area contributed by atoms with Gasteiger partial charge in [0.1, 0.15) is 21.8 Å². The standard InChI is InChI=1S/C23H16Cl2O9S.3Na/c1-9-5-11(7-13(20(9)26)22(28)29)17(12-6-10(2)21(27)14(8-12)23(30)31)18-15(24)3-4-16(19(18)25)35(32,33)34;;;/h3-8,26H,1-2H3,(H,28,29)(H,30,31)(H,32,33,34);;;/b17-12+;;;. The SMILES string of the molecule is CC1=C/C(=C(/c2cc(C)c(O)c(C(=O)O)c2)c2c(Cl)ccc(S(=O)(=O)O)c2Cl)C=C(C(=O)O)C1=O.[Na].[Na].[Na]. The Labute approximate surface area is 294 Å². The largest absolute Gasteiger partial charge is 0.507 e. The Bertz CT molecular complexity index is 1550. The van der Waals surface area contributed by atoms with E-state index in [-0.39, 0.29) is 127 Å². The van der Waals surface area contributed by atoms with Crippen molar-refractivity contribution in [3.8, 4) is 5.75 Å². The number of aryl methyl sites for hydroxylation is 1. The van der Waals surface area contributed by atoms with Gasteiger partial charge >= 0.3 is 11.9 Å². The third-order valence-corrected chi connectivity index (χ3v) is 6.91. The van der Waals surface area contributed by atoms with E-state index in [1.165, 1.54) is 26.0 Å². The molecule has 185 valence electrons. The summed E-state index contributed by atoms with van der Waals surface area (Å²) in [6, 6.07) is 4.50. The number of ketones is 1. The minimum Gasteiger partial charge on any atom is -0.507 e. The summed E-state index contributed by atoms with van der Waals surface area (Å²) in [5.74, 6) is -4.30. The number of hydrogen-bond acceptors (Lipinski definition) is 6. The van der Waals surface area contributed by atoms with Crippen LogP contribution in [0.25, 0.3) is 5.57 Å². The van der Waals surface area contributed by atoms with Gasteiger partial charge in [-0.2, -0.15) is 8.42 Å². The quantitative estimate of drug-likeness (QED) is 0.227. The van der Waals surface area contributed by atoms with Crippen LogP contribution in [0.4, 0.5) is 0 Å². The maximum Gasteiger partial charge on any atom is 0.339 e. The van der Waals surface area contributed by atoms with Gasteiger partial charge < -0.3 is 15.3 Å². The number of aliphatic carboxylic acids is 1. The van der Waals surface area contributed by atoms with Gasteiger partial charge in [0.25, 0.3) is 10.1 Å². The number of hydrogen-bond donors (Lipinski definition) is 4. The van der Waals surface area contributed by atoms with E-state index in [0.29, 0.717) is 0 Å². The molecule has 2 aromatic carbocycles. The Morgan fingerprint density at radius 1 is 0.921 bits per heavy atom. The van der Waals surface area contributed by atoms with Crippen LogP contribution in [0.2, 0.25) is 10.0 Å². The molecule has 0 atom stereocenters. The van der Waals surface area contributed by atoms with E-state index in [1.54, 1.807) is 0 Å². The van der Waals surface area contributed by atoms with E-state index >= 15 is 0 Å². The third kappa shape index (κ3) is 7.64. The number of carboxylic acid groups (broad SMARTS) is 2. The molecule has 3 rings (SSSR count). The molecule has 1 aliphatic rings. The third-order valence-electron chi connectivity index (χ3n) is 5.20. The van der Waals surface area contributed by atoms with Crippen molar-refractivity contribution in [1.29, 1.82) is 0 Å². The van der Waals surface area contributed by atoms with Gasteiger partial charge in [0.05, 0.1) is 10.0 Å². The van der Waals surface area contributed by atoms with Gasteiger partial charge in [0, 0.05) is 94.2 Å². The second-order valence-corrected chi connectivity index (χ2v) is 9.73. The number of allylic oxidation sites excluding steroid dienone is 4. The molecular formula is C23H16Cl2Na3O9S. The van der Waals surface area contributed by atoms with Crippen LogP contribution in [-0.2, 0) is 19.7 Å². The minimum absolute atomic E-state index is 0. The Kier molecular flexibility index (Phi) is 14.3. The molecule has 4 N–H and O–H groups in total. The Morgan fingerprint density at radius 3 is 2.00 bits per heavy atom. The van der Waals surface area contributed by atoms with E-state index in [1.807, 2.05) is 0 Å². The molecule has 0 saturated carbocycles. The molecule has 9 nitrogen and oxygen atoms in total. The number of carbonyl (C=O) groups excluding carboxylic acids is 1. The molecule has 0 bridgehead atoms. The number of halogens is 2. The van der Waals surface area contributed by atoms with Gasteiger partial charge in [-0.3, -0.25) is 9.35 Å². The van der Waals surface area contributed by atoms with E-state index in [2.05, 4.69) is 0 Å². The zero-order valence-electron chi connectivity index (χ0n) is 21.0. The van der Waals surface area contributed by atoms with E-state index in [4.69, 9.17) is 23.2 Å². The van der Waals surface area contributed by atoms with Gasteiger partial charge in [0.15, 0.2) is 5.78 Å². The van der Waals surface area contributed by atoms with Crippen LogP contribution in [0, 0.1) is 6.92 Å². The van der Waals surface area contributed by atoms with Gasteiger partial charge in [-0.1, -0.05) is 23.2 Å². The molecule has 0 fully saturated rings. The molecule has 0 spiro atoms. The van der Waals surface area contributed by atoms with Gasteiger partial charge in [-0.15, -0.1) is 0 Å². The molecule has 2 aromatic rings. The maximum absolute atomic E-state index is 12.4. The summed E-state index contributed by atoms with van der Waals surface area (Å²) in [7, 11) is -4.83. The first-order valence-electron chi connectivity index (χ1n) is 9.60. The van der Waals surface area contributed by atoms with Crippen molar-refractivity contribution in [2.75, 3.05) is 0 Å². The molecular weight excluding hydrogens is 592 g/mol. The summed E-state index contributed by atoms with van der Waals surface area (Å²) >= 11 is 12.7. The second-order valence-electron chi connectivity index (χ2n) is 7.55. The summed E-state index contributed by atoms with van der Waals surface area (Å²) in [4.78, 5) is 35.1. The minimum atomic E-state index is -4.83. The predicted octanol–water partition coefficient (Wildman–Crippen LogP) is 3.15. The molecule has 15 heteroatoms. The first kappa shape index (κ1) is 37.6. The Morgan fingerprint density at radius 2 is 1.50 bits per heavy atom. The number of rotatable bonds is 5. The van der Waals surface area contributed by atoms with Gasteiger partial charge in [-0.05, 0) is 78.1 Å². The van der Waals surface area contributed by atoms with E-state index < -0.39 is 54.6 Å². The van der Waals surface area contributed by atoms with Gasteiger partial charge in [-0.25, -0.2) is 9.59 Å². The fourth-order valence-corrected chi connectivity index (χ4v) is 5.00. The average molecular weight is 608 g/mol. The second kappa shape index (κ2) is 14.5. The van der Waals surface area contributed by atoms with Crippen LogP contribution in [0.5, 0.6) is 5.75 Å². The van der Waals surface area contributed by atoms with Gasteiger partial charge in [0.2, 0.25) is 0 Å². The van der Waals surface area contributed by atoms with Crippen molar-refractivity contribution in [2.45, 2.75) is 18.7 Å². The maximum atomic E-state index is 12.4. The van der Waals surface area contributed by atoms with Crippen LogP contribution >= 0.6 is 23.2 Å². The molecule has 0 saturated heterocycles. The molecule has 38 heavy (non-hydrogen) atoms. The molecule has 0 aromatic heterocycles. The number of Topliss-reactive ketones (excluding diaryl/α,β-unsaturated/α-hetero) is 1. The topological polar surface area (TPSA) is 166 Å². The number of carboxylic acids is 2. The van der Waals surface area contributed by atoms with Crippen LogP contribution in [-0.4, -0.2) is 135 Å². The van der Waals surface area contributed by atoms with E-state index in [9.17, 15) is 42.7 Å². The Balaban J connectivity index is 0.00000456. The van der Waals surface area contributed by atoms with E-state index in [0.717, 1.165) is 24.3 Å². The summed E-state index contributed by atoms with van der Waals surface area (Å²) < 4.78 is 33.4. The molecule has 1 aliphatic carbocycles. The zero-order valence-corrected chi connectivity index (χ0v) is 29.3. The fraction of sp³-hybridized carbons (Fsp3) is 0.0870. The number of aromatic hydroxyl groups is 1. The fourth-order valence-electron chi connectivity index (χ4n) is 3.58. The van der Waals surface area contributed by atoms with Crippen molar-refractivity contribution >= 4 is 145 Å². The van der Waals surface area contributed by atoms with Crippen LogP contribution in [0.1, 0.15) is 34.0 Å². The van der Waals surface area contributed by atoms with Crippen molar-refractivity contribution in [2.24, 2.45) is 0 Å². The summed E-state index contributed by atoms with van der Waals surface area (Å²) in [5, 5.41) is 28.6. The first-order valence-corrected chi connectivity index (χ1v) is 11.8. The number of aromatic carboxylic acids is 1. The normalized spacial score (nSPS) is 14.2. The summed E-state index contributed by atoms with van der Waals surface area (Å²) in [5.41, 5.74) is -1.10. The predicted molar refractivity (Wildman–Crippen MR) is 144 cm³/mol. The van der Waals surface area contributed by atoms with Crippen LogP contribution in [0.15, 0.2) is 58.0 Å². The smallest absolute Gasteiger partial charge is 0.339 e. The molecule has 3 radical (unpaired) electrons. The number of phenols is 1. The average Bonchev–Trinajstić information content (AvgIpc) is 2.73. The van der Waals surface area contributed by atoms with Crippen molar-refractivity contribution in [3.63, 3.8) is 0 Å². The Hall–Kier alpha value is -0.440. The number of carbonyl (C=O) groups is 3. The molecule has 0 unspecified atom stereocenters. The zero-order chi connectivity index (χ0) is 26.4. The first-order chi connectivity index (χ1) is 16.1. The van der Waals surface area contributed by atoms with Crippen LogP contribution in [0.3, 0.4) is 0 Å². The van der Waals surface area contributed by atoms with Crippen LogP contribution < -0.4 is 0 Å². The molecule has 0 aliphatic heterocycles. The summed E-state index contributed by atoms with van der Waals surface area (Å²) in [6.07, 6.45) is 2.32. The van der Waals surface area contributed by atoms with Crippen molar-refractivity contribution in [3.05, 3.63) is 85.4 Å². The monoisotopic (exact) mass is 607 g/mol. The van der Waals surface area contributed by atoms with Crippen molar-refractivity contribution < 1.29 is 42.7 Å². The molecule has 0 amide bonds. The van der Waals surface area contributed by atoms with Crippen molar-refractivity contribution in [1.82, 2.24) is 0 Å². The number of benzene rings is 2. The summed E-state index contributed by atoms with van der Waals surface area (Å²) in [6.45, 7) is 2.77.